The first-order valence-corrected chi connectivity index (χ1v) is 6.91. The number of aromatic nitrogens is 1. The largest absolute Gasteiger partial charge is 0.477 e. The maximum absolute atomic E-state index is 11.2. The zero-order valence-electron chi connectivity index (χ0n) is 13.1. The summed E-state index contributed by atoms with van der Waals surface area (Å²) in [6.45, 7) is 13.0. The maximum atomic E-state index is 11.2. The van der Waals surface area contributed by atoms with E-state index in [1.165, 1.54) is 11.1 Å². The summed E-state index contributed by atoms with van der Waals surface area (Å²) in [5, 5.41) is 10.2. The molecule has 0 amide bonds. The van der Waals surface area contributed by atoms with E-state index in [9.17, 15) is 9.90 Å². The zero-order valence-corrected chi connectivity index (χ0v) is 13.1. The minimum absolute atomic E-state index is 0.0303. The number of H-pyrrole nitrogens is 1. The minimum atomic E-state index is -0.918. The highest BCUT2D eigenvalue weighted by atomic mass is 16.4. The third-order valence-corrected chi connectivity index (χ3v) is 3.64. The van der Waals surface area contributed by atoms with Crippen molar-refractivity contribution in [2.24, 2.45) is 0 Å². The maximum Gasteiger partial charge on any atom is 0.352 e. The van der Waals surface area contributed by atoms with Crippen LogP contribution in [0.25, 0.3) is 10.9 Å². The molecule has 0 fully saturated rings. The first kappa shape index (κ1) is 14.6. The van der Waals surface area contributed by atoms with Gasteiger partial charge >= 0.3 is 5.97 Å². The summed E-state index contributed by atoms with van der Waals surface area (Å²) < 4.78 is 0. The van der Waals surface area contributed by atoms with Crippen molar-refractivity contribution in [3.05, 3.63) is 35.0 Å². The fourth-order valence-corrected chi connectivity index (χ4v) is 2.41. The van der Waals surface area contributed by atoms with Gasteiger partial charge in [0.05, 0.1) is 0 Å². The topological polar surface area (TPSA) is 53.1 Å². The molecule has 0 unspecified atom stereocenters. The average Bonchev–Trinajstić information content (AvgIpc) is 2.68. The van der Waals surface area contributed by atoms with Crippen LogP contribution in [0.5, 0.6) is 0 Å². The second-order valence-electron chi connectivity index (χ2n) is 7.47. The van der Waals surface area contributed by atoms with Gasteiger partial charge in [0.15, 0.2) is 0 Å². The number of rotatable bonds is 1. The Morgan fingerprint density at radius 1 is 1.00 bits per heavy atom. The molecule has 1 heterocycles. The van der Waals surface area contributed by atoms with Crippen LogP contribution in [0.1, 0.15) is 63.2 Å². The Hall–Kier alpha value is -1.77. The molecule has 2 rings (SSSR count). The van der Waals surface area contributed by atoms with Crippen LogP contribution >= 0.6 is 0 Å². The number of hydrogen-bond acceptors (Lipinski definition) is 1. The fourth-order valence-electron chi connectivity index (χ4n) is 2.41. The smallest absolute Gasteiger partial charge is 0.352 e. The molecule has 3 heteroatoms. The molecule has 0 aliphatic heterocycles. The van der Waals surface area contributed by atoms with Crippen LogP contribution in [0.2, 0.25) is 0 Å². The van der Waals surface area contributed by atoms with Gasteiger partial charge in [0.25, 0.3) is 0 Å². The Kier molecular flexibility index (Phi) is 3.20. The molecular weight excluding hydrogens is 250 g/mol. The van der Waals surface area contributed by atoms with Gasteiger partial charge in [-0.25, -0.2) is 4.79 Å². The Bertz CT molecular complexity index is 667. The van der Waals surface area contributed by atoms with Crippen LogP contribution in [-0.2, 0) is 10.8 Å². The van der Waals surface area contributed by atoms with E-state index in [0.717, 1.165) is 10.9 Å². The molecule has 3 nitrogen and oxygen atoms in total. The highest BCUT2D eigenvalue weighted by molar-refractivity contribution is 5.95. The van der Waals surface area contributed by atoms with E-state index in [-0.39, 0.29) is 16.5 Å². The standard InChI is InChI=1S/C17H23NO2/c1-16(2,3)10-7-12(17(4,5)6)11-9-14(15(19)20)18-13(11)8-10/h7-9,18H,1-6H3,(H,19,20). The van der Waals surface area contributed by atoms with Gasteiger partial charge in [-0.2, -0.15) is 0 Å². The molecule has 0 saturated carbocycles. The monoisotopic (exact) mass is 273 g/mol. The lowest BCUT2D eigenvalue weighted by Crippen LogP contribution is -2.16. The predicted molar refractivity (Wildman–Crippen MR) is 82.7 cm³/mol. The molecule has 0 radical (unpaired) electrons. The van der Waals surface area contributed by atoms with Gasteiger partial charge in [0.2, 0.25) is 0 Å². The molecule has 0 spiro atoms. The third-order valence-electron chi connectivity index (χ3n) is 3.64. The van der Waals surface area contributed by atoms with Gasteiger partial charge in [-0.3, -0.25) is 0 Å². The molecule has 1 aromatic heterocycles. The average molecular weight is 273 g/mol. The number of carboxylic acids is 1. The summed E-state index contributed by atoms with van der Waals surface area (Å²) in [6, 6.07) is 6.02. The number of fused-ring (bicyclic) bond motifs is 1. The molecule has 2 N–H and O–H groups in total. The number of hydrogen-bond donors (Lipinski definition) is 2. The molecule has 0 aliphatic carbocycles. The molecular formula is C17H23NO2. The van der Waals surface area contributed by atoms with E-state index in [4.69, 9.17) is 0 Å². The molecule has 0 atom stereocenters. The van der Waals surface area contributed by atoms with Crippen molar-refractivity contribution in [1.29, 1.82) is 0 Å². The van der Waals surface area contributed by atoms with Crippen molar-refractivity contribution >= 4 is 16.9 Å². The lowest BCUT2D eigenvalue weighted by atomic mass is 9.79. The molecule has 20 heavy (non-hydrogen) atoms. The lowest BCUT2D eigenvalue weighted by Gasteiger charge is -2.25. The van der Waals surface area contributed by atoms with Gasteiger partial charge in [-0.15, -0.1) is 0 Å². The first-order valence-electron chi connectivity index (χ1n) is 6.91. The molecule has 0 saturated heterocycles. The summed E-state index contributed by atoms with van der Waals surface area (Å²) in [6.07, 6.45) is 0. The molecule has 0 bridgehead atoms. The SMILES string of the molecule is CC(C)(C)c1cc(C(C)(C)C)c2cc(C(=O)O)[nH]c2c1. The van der Waals surface area contributed by atoms with Crippen molar-refractivity contribution in [1.82, 2.24) is 4.98 Å². The number of carbonyl (C=O) groups is 1. The molecule has 2 aromatic rings. The number of nitrogens with one attached hydrogen (secondary N) is 1. The van der Waals surface area contributed by atoms with Gasteiger partial charge in [0, 0.05) is 10.9 Å². The third kappa shape index (κ3) is 2.58. The van der Waals surface area contributed by atoms with Crippen LogP contribution in [0.15, 0.2) is 18.2 Å². The van der Waals surface area contributed by atoms with E-state index in [2.05, 4.69) is 58.7 Å². The van der Waals surface area contributed by atoms with E-state index in [0.29, 0.717) is 0 Å². The van der Waals surface area contributed by atoms with Crippen molar-refractivity contribution in [2.75, 3.05) is 0 Å². The minimum Gasteiger partial charge on any atom is -0.477 e. The number of carboxylic acid groups (broad SMARTS) is 1. The summed E-state index contributed by atoms with van der Waals surface area (Å²) in [4.78, 5) is 14.2. The lowest BCUT2D eigenvalue weighted by molar-refractivity contribution is 0.0691. The second-order valence-corrected chi connectivity index (χ2v) is 7.47. The highest BCUT2D eigenvalue weighted by Crippen LogP contribution is 2.35. The van der Waals surface area contributed by atoms with E-state index < -0.39 is 5.97 Å². The first-order chi connectivity index (χ1) is 9.00. The van der Waals surface area contributed by atoms with E-state index in [1.807, 2.05) is 0 Å². The van der Waals surface area contributed by atoms with Crippen molar-refractivity contribution in [2.45, 2.75) is 52.4 Å². The Labute approximate surface area is 120 Å². The number of aromatic carboxylic acids is 1. The normalized spacial score (nSPS) is 12.9. The summed E-state index contributed by atoms with van der Waals surface area (Å²) >= 11 is 0. The number of aromatic amines is 1. The van der Waals surface area contributed by atoms with Gasteiger partial charge < -0.3 is 10.1 Å². The summed E-state index contributed by atoms with van der Waals surface area (Å²) in [5.74, 6) is -0.918. The van der Waals surface area contributed by atoms with Crippen LogP contribution < -0.4 is 0 Å². The van der Waals surface area contributed by atoms with Crippen molar-refractivity contribution in [3.63, 3.8) is 0 Å². The van der Waals surface area contributed by atoms with Crippen molar-refractivity contribution in [3.8, 4) is 0 Å². The van der Waals surface area contributed by atoms with Crippen molar-refractivity contribution < 1.29 is 9.90 Å². The van der Waals surface area contributed by atoms with Crippen LogP contribution in [0, 0.1) is 0 Å². The second kappa shape index (κ2) is 4.37. The quantitative estimate of drug-likeness (QED) is 0.806. The van der Waals surface area contributed by atoms with E-state index in [1.54, 1.807) is 6.07 Å². The van der Waals surface area contributed by atoms with Gasteiger partial charge in [-0.1, -0.05) is 47.6 Å². The Morgan fingerprint density at radius 3 is 2.05 bits per heavy atom. The predicted octanol–water partition coefficient (Wildman–Crippen LogP) is 4.46. The summed E-state index contributed by atoms with van der Waals surface area (Å²) in [5.41, 5.74) is 3.55. The Balaban J connectivity index is 2.82. The Morgan fingerprint density at radius 2 is 1.60 bits per heavy atom. The van der Waals surface area contributed by atoms with E-state index >= 15 is 0 Å². The van der Waals surface area contributed by atoms with Crippen LogP contribution in [0.3, 0.4) is 0 Å². The van der Waals surface area contributed by atoms with Gasteiger partial charge in [0.1, 0.15) is 5.69 Å². The van der Waals surface area contributed by atoms with Crippen LogP contribution in [0.4, 0.5) is 0 Å². The zero-order chi connectivity index (χ0) is 15.3. The molecule has 1 aromatic carbocycles. The fraction of sp³-hybridized carbons (Fsp3) is 0.471. The van der Waals surface area contributed by atoms with Gasteiger partial charge in [-0.05, 0) is 34.1 Å². The summed E-state index contributed by atoms with van der Waals surface area (Å²) in [7, 11) is 0. The highest BCUT2D eigenvalue weighted by Gasteiger charge is 2.23. The molecule has 0 aliphatic rings. The number of benzene rings is 1. The van der Waals surface area contributed by atoms with Crippen LogP contribution in [-0.4, -0.2) is 16.1 Å². The molecule has 108 valence electrons.